The van der Waals surface area contributed by atoms with Crippen LogP contribution in [0, 0.1) is 23.5 Å². The maximum atomic E-state index is 15.7. The zero-order chi connectivity index (χ0) is 35.0. The second-order valence-electron chi connectivity index (χ2n) is 13.1. The third-order valence-electron chi connectivity index (χ3n) is 6.95. The Morgan fingerprint density at radius 3 is 1.54 bits per heavy atom. The molecule has 0 aromatic heterocycles. The minimum absolute atomic E-state index is 0.141. The molecule has 4 atom stereocenters. The quantitative estimate of drug-likeness (QED) is 0.163. The Bertz CT molecular complexity index is 1410. The molecular formula is C34H46F2N2O6S2. The second-order valence-corrected chi connectivity index (χ2v) is 15.3. The van der Waals surface area contributed by atoms with Gasteiger partial charge < -0.3 is 20.1 Å². The van der Waals surface area contributed by atoms with E-state index in [9.17, 15) is 23.6 Å². The molecule has 12 heteroatoms. The van der Waals surface area contributed by atoms with E-state index in [0.717, 1.165) is 27.7 Å². The van der Waals surface area contributed by atoms with E-state index >= 15 is 4.39 Å². The molecule has 0 bridgehead atoms. The number of halogens is 2. The average molecular weight is 681 g/mol. The molecule has 46 heavy (non-hydrogen) atoms. The van der Waals surface area contributed by atoms with Crippen molar-refractivity contribution in [3.8, 4) is 0 Å². The lowest BCUT2D eigenvalue weighted by molar-refractivity contribution is -0.159. The molecule has 2 rings (SSSR count). The molecule has 0 radical (unpaired) electrons. The maximum absolute atomic E-state index is 15.7. The van der Waals surface area contributed by atoms with Crippen molar-refractivity contribution in [2.45, 2.75) is 115 Å². The molecule has 0 heterocycles. The lowest BCUT2D eigenvalue weighted by Crippen LogP contribution is -2.49. The van der Waals surface area contributed by atoms with E-state index in [1.165, 1.54) is 18.2 Å². The van der Waals surface area contributed by atoms with Crippen LogP contribution in [0.2, 0.25) is 0 Å². The first-order valence-corrected chi connectivity index (χ1v) is 17.4. The molecule has 8 nitrogen and oxygen atoms in total. The van der Waals surface area contributed by atoms with Crippen LogP contribution in [-0.2, 0) is 19.1 Å². The summed E-state index contributed by atoms with van der Waals surface area (Å²) in [5.41, 5.74) is -2.69. The predicted octanol–water partition coefficient (Wildman–Crippen LogP) is 7.74. The molecular weight excluding hydrogens is 635 g/mol. The number of nitrogens with one attached hydrogen (secondary N) is 2. The van der Waals surface area contributed by atoms with Crippen LogP contribution in [0.15, 0.2) is 46.2 Å². The summed E-state index contributed by atoms with van der Waals surface area (Å²) in [7, 11) is 1.93. The normalized spacial score (nSPS) is 14.4. The summed E-state index contributed by atoms with van der Waals surface area (Å²) in [5, 5.41) is 5.26. The highest BCUT2D eigenvalue weighted by molar-refractivity contribution is 8.76. The highest BCUT2D eigenvalue weighted by atomic mass is 33.1. The van der Waals surface area contributed by atoms with Gasteiger partial charge in [0.05, 0.1) is 16.0 Å². The number of hydrogen-bond donors (Lipinski definition) is 2. The molecule has 0 saturated heterocycles. The fourth-order valence-corrected chi connectivity index (χ4v) is 6.40. The van der Waals surface area contributed by atoms with Crippen molar-refractivity contribution in [1.82, 2.24) is 10.6 Å². The molecule has 2 aromatic carbocycles. The van der Waals surface area contributed by atoms with Crippen molar-refractivity contribution in [3.63, 3.8) is 0 Å². The smallest absolute Gasteiger partial charge is 0.329 e. The maximum Gasteiger partial charge on any atom is 0.329 e. The summed E-state index contributed by atoms with van der Waals surface area (Å²) < 4.78 is 41.2. The number of amides is 2. The molecule has 4 unspecified atom stereocenters. The fraction of sp³-hybridized carbons (Fsp3) is 0.529. The van der Waals surface area contributed by atoms with Crippen LogP contribution in [0.3, 0.4) is 0 Å². The van der Waals surface area contributed by atoms with Gasteiger partial charge in [0.2, 0.25) is 0 Å². The van der Waals surface area contributed by atoms with E-state index in [4.69, 9.17) is 9.47 Å². The minimum Gasteiger partial charge on any atom is -0.458 e. The van der Waals surface area contributed by atoms with Crippen LogP contribution in [0.4, 0.5) is 8.78 Å². The van der Waals surface area contributed by atoms with Crippen LogP contribution in [0.25, 0.3) is 0 Å². The molecule has 2 amide bonds. The Morgan fingerprint density at radius 2 is 1.11 bits per heavy atom. The van der Waals surface area contributed by atoms with E-state index < -0.39 is 70.2 Å². The highest BCUT2D eigenvalue weighted by Gasteiger charge is 2.36. The summed E-state index contributed by atoms with van der Waals surface area (Å²) in [6.45, 7) is 17.3. The Labute approximate surface area is 278 Å². The van der Waals surface area contributed by atoms with Gasteiger partial charge in [0.25, 0.3) is 11.8 Å². The average Bonchev–Trinajstić information content (AvgIpc) is 2.95. The van der Waals surface area contributed by atoms with Gasteiger partial charge in [-0.05, 0) is 88.4 Å². The lowest BCUT2D eigenvalue weighted by Gasteiger charge is -2.29. The van der Waals surface area contributed by atoms with Crippen LogP contribution < -0.4 is 10.6 Å². The molecule has 2 N–H and O–H groups in total. The van der Waals surface area contributed by atoms with Crippen molar-refractivity contribution < 1.29 is 37.4 Å². The number of carbonyl (C=O) groups excluding carboxylic acids is 4. The van der Waals surface area contributed by atoms with Crippen molar-refractivity contribution >= 4 is 45.3 Å². The third kappa shape index (κ3) is 11.3. The summed E-state index contributed by atoms with van der Waals surface area (Å²) >= 11 is 0. The van der Waals surface area contributed by atoms with Crippen LogP contribution in [0.1, 0.15) is 103 Å². The van der Waals surface area contributed by atoms with Gasteiger partial charge in [0.15, 0.2) is 0 Å². The molecule has 2 aromatic rings. The summed E-state index contributed by atoms with van der Waals surface area (Å²) in [6, 6.07) is 6.08. The molecule has 0 spiro atoms. The summed E-state index contributed by atoms with van der Waals surface area (Å²) in [5.74, 6) is -5.61. The molecule has 254 valence electrons. The summed E-state index contributed by atoms with van der Waals surface area (Å²) in [4.78, 5) is 54.6. The highest BCUT2D eigenvalue weighted by Crippen LogP contribution is 2.41. The first kappa shape index (κ1) is 39.1. The van der Waals surface area contributed by atoms with Gasteiger partial charge in [-0.25, -0.2) is 18.4 Å². The lowest BCUT2D eigenvalue weighted by atomic mass is 9.96. The largest absolute Gasteiger partial charge is 0.458 e. The van der Waals surface area contributed by atoms with E-state index in [-0.39, 0.29) is 21.3 Å². The Hall–Kier alpha value is -3.12. The first-order valence-electron chi connectivity index (χ1n) is 15.3. The fourth-order valence-electron chi connectivity index (χ4n) is 4.17. The van der Waals surface area contributed by atoms with Gasteiger partial charge in [-0.1, -0.05) is 63.5 Å². The molecule has 0 fully saturated rings. The SMILES string of the molecule is CCC(C)C(NC(=O)c1c(F)ccc(SSc2ccccc2F)c1C(=O)NC(C(=O)OC(C)(C)C)C(C)CC)C(=O)OC(C)(C)C. The van der Waals surface area contributed by atoms with Gasteiger partial charge >= 0.3 is 11.9 Å². The minimum atomic E-state index is -1.15. The Kier molecular flexibility index (Phi) is 14.1. The number of ether oxygens (including phenoxy) is 2. The number of hydrogen-bond acceptors (Lipinski definition) is 8. The number of carbonyl (C=O) groups is 4. The second kappa shape index (κ2) is 16.6. The van der Waals surface area contributed by atoms with Crippen molar-refractivity contribution in [2.75, 3.05) is 0 Å². The Morgan fingerprint density at radius 1 is 0.674 bits per heavy atom. The third-order valence-corrected chi connectivity index (χ3v) is 9.39. The van der Waals surface area contributed by atoms with Crippen LogP contribution in [0.5, 0.6) is 0 Å². The van der Waals surface area contributed by atoms with Gasteiger partial charge in [-0.15, -0.1) is 0 Å². The molecule has 0 aliphatic heterocycles. The van der Waals surface area contributed by atoms with E-state index in [0.29, 0.717) is 12.8 Å². The monoisotopic (exact) mass is 680 g/mol. The topological polar surface area (TPSA) is 111 Å². The number of rotatable bonds is 13. The first-order chi connectivity index (χ1) is 21.3. The van der Waals surface area contributed by atoms with Crippen LogP contribution in [-0.4, -0.2) is 47.0 Å². The zero-order valence-corrected chi connectivity index (χ0v) is 29.8. The van der Waals surface area contributed by atoms with Gasteiger partial charge in [0, 0.05) is 4.90 Å². The van der Waals surface area contributed by atoms with E-state index in [1.807, 2.05) is 13.8 Å². The summed E-state index contributed by atoms with van der Waals surface area (Å²) in [6.07, 6.45) is 0.986. The molecule has 0 aliphatic carbocycles. The molecule has 0 aliphatic rings. The van der Waals surface area contributed by atoms with Crippen LogP contribution >= 0.6 is 21.6 Å². The number of benzene rings is 2. The zero-order valence-electron chi connectivity index (χ0n) is 28.2. The van der Waals surface area contributed by atoms with Crippen molar-refractivity contribution in [2.24, 2.45) is 11.8 Å². The van der Waals surface area contributed by atoms with Gasteiger partial charge in [-0.3, -0.25) is 9.59 Å². The van der Waals surface area contributed by atoms with E-state index in [1.54, 1.807) is 67.5 Å². The standard InChI is InChI=1S/C34H46F2N2O6S2/c1-11-19(3)27(31(41)43-33(5,6)7)37-29(39)25-22(36)17-18-24(46-45-23-16-14-13-15-21(23)35)26(25)30(40)38-28(20(4)12-2)32(42)44-34(8,9)10/h13-20,27-28H,11-12H2,1-10H3,(H,37,39)(H,38,40). The van der Waals surface area contributed by atoms with Gasteiger partial charge in [0.1, 0.15) is 34.9 Å². The Balaban J connectivity index is 2.66. The van der Waals surface area contributed by atoms with Crippen molar-refractivity contribution in [1.29, 1.82) is 0 Å². The van der Waals surface area contributed by atoms with E-state index in [2.05, 4.69) is 10.6 Å². The van der Waals surface area contributed by atoms with Crippen molar-refractivity contribution in [3.05, 3.63) is 59.2 Å². The van der Waals surface area contributed by atoms with Gasteiger partial charge in [-0.2, -0.15) is 0 Å². The molecule has 0 saturated carbocycles. The number of esters is 2. The predicted molar refractivity (Wildman–Crippen MR) is 178 cm³/mol.